The molecule has 2 aromatic rings. The van der Waals surface area contributed by atoms with Gasteiger partial charge in [-0.15, -0.1) is 0 Å². The number of ether oxygens (including phenoxy) is 1. The molecule has 0 bridgehead atoms. The van der Waals surface area contributed by atoms with Crippen LogP contribution in [0.5, 0.6) is 5.75 Å². The van der Waals surface area contributed by atoms with Crippen LogP contribution in [0.2, 0.25) is 0 Å². The van der Waals surface area contributed by atoms with E-state index in [9.17, 15) is 13.2 Å². The SMILES string of the molecule is COc1ccc(Br)c(C(=O)Nc2cccc(N3CCCS3(=O)=O)c2)c1. The third-order valence-corrected chi connectivity index (χ3v) is 6.47. The molecule has 6 nitrogen and oxygen atoms in total. The smallest absolute Gasteiger partial charge is 0.256 e. The Labute approximate surface area is 155 Å². The van der Waals surface area contributed by atoms with E-state index in [1.54, 1.807) is 42.5 Å². The van der Waals surface area contributed by atoms with Crippen LogP contribution in [0.25, 0.3) is 0 Å². The van der Waals surface area contributed by atoms with Crippen LogP contribution < -0.4 is 14.4 Å². The van der Waals surface area contributed by atoms with Crippen LogP contribution in [0.4, 0.5) is 11.4 Å². The maximum atomic E-state index is 12.5. The number of benzene rings is 2. The first-order chi connectivity index (χ1) is 11.9. The molecule has 1 saturated heterocycles. The summed E-state index contributed by atoms with van der Waals surface area (Å²) < 4.78 is 31.3. The summed E-state index contributed by atoms with van der Waals surface area (Å²) in [5, 5.41) is 2.80. The molecule has 0 saturated carbocycles. The van der Waals surface area contributed by atoms with Crippen molar-refractivity contribution in [1.29, 1.82) is 0 Å². The van der Waals surface area contributed by atoms with Gasteiger partial charge in [0.25, 0.3) is 5.91 Å². The first-order valence-electron chi connectivity index (χ1n) is 7.66. The molecular formula is C17H17BrN2O4S. The lowest BCUT2D eigenvalue weighted by Gasteiger charge is -2.18. The predicted molar refractivity (Wildman–Crippen MR) is 101 cm³/mol. The van der Waals surface area contributed by atoms with E-state index in [1.807, 2.05) is 0 Å². The fourth-order valence-electron chi connectivity index (χ4n) is 2.67. The molecule has 0 radical (unpaired) electrons. The van der Waals surface area contributed by atoms with Gasteiger partial charge in [0.2, 0.25) is 10.0 Å². The second-order valence-electron chi connectivity index (χ2n) is 5.59. The average Bonchev–Trinajstić information content (AvgIpc) is 2.94. The molecule has 0 aromatic heterocycles. The number of amides is 1. The summed E-state index contributed by atoms with van der Waals surface area (Å²) in [6.07, 6.45) is 0.607. The predicted octanol–water partition coefficient (Wildman–Crippen LogP) is 3.25. The molecule has 0 unspecified atom stereocenters. The van der Waals surface area contributed by atoms with Crippen LogP contribution in [0.3, 0.4) is 0 Å². The Hall–Kier alpha value is -2.06. The van der Waals surface area contributed by atoms with Crippen molar-refractivity contribution >= 4 is 43.2 Å². The number of carbonyl (C=O) groups excluding carboxylic acids is 1. The van der Waals surface area contributed by atoms with E-state index >= 15 is 0 Å². The van der Waals surface area contributed by atoms with E-state index in [-0.39, 0.29) is 11.7 Å². The Morgan fingerprint density at radius 3 is 2.72 bits per heavy atom. The molecule has 3 rings (SSSR count). The van der Waals surface area contributed by atoms with E-state index in [2.05, 4.69) is 21.2 Å². The second-order valence-corrected chi connectivity index (χ2v) is 8.46. The Morgan fingerprint density at radius 2 is 2.04 bits per heavy atom. The first kappa shape index (κ1) is 17.8. The van der Waals surface area contributed by atoms with Crippen LogP contribution >= 0.6 is 15.9 Å². The van der Waals surface area contributed by atoms with Crippen molar-refractivity contribution in [2.45, 2.75) is 6.42 Å². The second kappa shape index (κ2) is 7.05. The molecule has 1 heterocycles. The minimum Gasteiger partial charge on any atom is -0.497 e. The molecule has 1 fully saturated rings. The highest BCUT2D eigenvalue weighted by atomic mass is 79.9. The van der Waals surface area contributed by atoms with Crippen LogP contribution in [-0.2, 0) is 10.0 Å². The van der Waals surface area contributed by atoms with Crippen molar-refractivity contribution in [2.75, 3.05) is 29.0 Å². The van der Waals surface area contributed by atoms with Crippen molar-refractivity contribution < 1.29 is 17.9 Å². The van der Waals surface area contributed by atoms with Gasteiger partial charge in [0, 0.05) is 16.7 Å². The molecule has 25 heavy (non-hydrogen) atoms. The van der Waals surface area contributed by atoms with E-state index in [0.717, 1.165) is 0 Å². The molecule has 8 heteroatoms. The fraction of sp³-hybridized carbons (Fsp3) is 0.235. The molecule has 2 aromatic carbocycles. The normalized spacial score (nSPS) is 15.8. The van der Waals surface area contributed by atoms with Crippen molar-refractivity contribution in [3.63, 3.8) is 0 Å². The zero-order valence-corrected chi connectivity index (χ0v) is 15.9. The van der Waals surface area contributed by atoms with Crippen LogP contribution in [0.1, 0.15) is 16.8 Å². The number of halogens is 1. The quantitative estimate of drug-likeness (QED) is 0.816. The molecule has 0 atom stereocenters. The maximum Gasteiger partial charge on any atom is 0.256 e. The summed E-state index contributed by atoms with van der Waals surface area (Å²) >= 11 is 3.35. The summed E-state index contributed by atoms with van der Waals surface area (Å²) in [4.78, 5) is 12.5. The molecule has 132 valence electrons. The Kier molecular flexibility index (Phi) is 5.01. The largest absolute Gasteiger partial charge is 0.497 e. The number of sulfonamides is 1. The number of hydrogen-bond donors (Lipinski definition) is 1. The van der Waals surface area contributed by atoms with Gasteiger partial charge >= 0.3 is 0 Å². The fourth-order valence-corrected chi connectivity index (χ4v) is 4.66. The van der Waals surface area contributed by atoms with Gasteiger partial charge in [-0.1, -0.05) is 6.07 Å². The Bertz CT molecular complexity index is 915. The molecule has 1 aliphatic heterocycles. The van der Waals surface area contributed by atoms with Gasteiger partial charge in [-0.2, -0.15) is 0 Å². The Balaban J connectivity index is 1.84. The average molecular weight is 425 g/mol. The third kappa shape index (κ3) is 3.80. The van der Waals surface area contributed by atoms with E-state index in [0.29, 0.717) is 40.1 Å². The van der Waals surface area contributed by atoms with Gasteiger partial charge in [-0.05, 0) is 58.7 Å². The number of carbonyl (C=O) groups is 1. The van der Waals surface area contributed by atoms with Crippen LogP contribution in [0.15, 0.2) is 46.9 Å². The van der Waals surface area contributed by atoms with E-state index in [1.165, 1.54) is 11.4 Å². The van der Waals surface area contributed by atoms with Crippen molar-refractivity contribution in [3.8, 4) is 5.75 Å². The lowest BCUT2D eigenvalue weighted by molar-refractivity contribution is 0.102. The lowest BCUT2D eigenvalue weighted by atomic mass is 10.2. The van der Waals surface area contributed by atoms with Crippen molar-refractivity contribution in [2.24, 2.45) is 0 Å². The van der Waals surface area contributed by atoms with Crippen molar-refractivity contribution in [3.05, 3.63) is 52.5 Å². The minimum absolute atomic E-state index is 0.153. The van der Waals surface area contributed by atoms with Crippen LogP contribution in [-0.4, -0.2) is 33.7 Å². The van der Waals surface area contributed by atoms with Crippen LogP contribution in [0, 0.1) is 0 Å². The molecular weight excluding hydrogens is 408 g/mol. The number of anilines is 2. The van der Waals surface area contributed by atoms with Crippen molar-refractivity contribution in [1.82, 2.24) is 0 Å². The summed E-state index contributed by atoms with van der Waals surface area (Å²) in [5.74, 6) is 0.415. The minimum atomic E-state index is -3.26. The lowest BCUT2D eigenvalue weighted by Crippen LogP contribution is -2.25. The zero-order chi connectivity index (χ0) is 18.0. The summed E-state index contributed by atoms with van der Waals surface area (Å²) in [7, 11) is -1.72. The van der Waals surface area contributed by atoms with Gasteiger partial charge in [0.1, 0.15) is 5.75 Å². The number of nitrogens with zero attached hydrogens (tertiary/aromatic N) is 1. The van der Waals surface area contributed by atoms with Gasteiger partial charge in [0.15, 0.2) is 0 Å². The zero-order valence-electron chi connectivity index (χ0n) is 13.5. The van der Waals surface area contributed by atoms with E-state index in [4.69, 9.17) is 4.74 Å². The highest BCUT2D eigenvalue weighted by Crippen LogP contribution is 2.28. The topological polar surface area (TPSA) is 75.7 Å². The third-order valence-electron chi connectivity index (χ3n) is 3.91. The van der Waals surface area contributed by atoms with Gasteiger partial charge < -0.3 is 10.1 Å². The number of methoxy groups -OCH3 is 1. The number of rotatable bonds is 4. The van der Waals surface area contributed by atoms with Gasteiger partial charge in [-0.3, -0.25) is 9.10 Å². The van der Waals surface area contributed by atoms with Gasteiger partial charge in [-0.25, -0.2) is 8.42 Å². The van der Waals surface area contributed by atoms with Gasteiger partial charge in [0.05, 0.1) is 24.1 Å². The summed E-state index contributed by atoms with van der Waals surface area (Å²) in [6, 6.07) is 11.9. The van der Waals surface area contributed by atoms with E-state index < -0.39 is 10.0 Å². The summed E-state index contributed by atoms with van der Waals surface area (Å²) in [5.41, 5.74) is 1.51. The maximum absolute atomic E-state index is 12.5. The number of hydrogen-bond acceptors (Lipinski definition) is 4. The highest BCUT2D eigenvalue weighted by Gasteiger charge is 2.28. The standard InChI is InChI=1S/C17H17BrN2O4S/c1-24-14-6-7-16(18)15(11-14)17(21)19-12-4-2-5-13(10-12)20-8-3-9-25(20,22)23/h2,4-7,10-11H,3,8-9H2,1H3,(H,19,21). The first-order valence-corrected chi connectivity index (χ1v) is 10.1. The number of nitrogens with one attached hydrogen (secondary N) is 1. The molecule has 1 aliphatic rings. The molecule has 1 N–H and O–H groups in total. The Morgan fingerprint density at radius 1 is 1.24 bits per heavy atom. The summed E-state index contributed by atoms with van der Waals surface area (Å²) in [6.45, 7) is 0.459. The molecule has 0 spiro atoms. The molecule has 0 aliphatic carbocycles. The monoisotopic (exact) mass is 424 g/mol. The highest BCUT2D eigenvalue weighted by molar-refractivity contribution is 9.10. The molecule has 1 amide bonds.